The summed E-state index contributed by atoms with van der Waals surface area (Å²) in [6.45, 7) is 0.367. The highest BCUT2D eigenvalue weighted by Gasteiger charge is 2.37. The van der Waals surface area contributed by atoms with Gasteiger partial charge in [0.2, 0.25) is 11.8 Å². The summed E-state index contributed by atoms with van der Waals surface area (Å²) in [6.07, 6.45) is 0.297. The second-order valence-corrected chi connectivity index (χ2v) is 4.08. The van der Waals surface area contributed by atoms with Crippen molar-refractivity contribution in [1.82, 2.24) is 0 Å². The first kappa shape index (κ1) is 12.1. The van der Waals surface area contributed by atoms with E-state index < -0.39 is 23.7 Å². The molecule has 1 aliphatic rings. The summed E-state index contributed by atoms with van der Waals surface area (Å²) in [7, 11) is 0. The molecule has 1 aliphatic heterocycles. The fourth-order valence-corrected chi connectivity index (χ4v) is 1.97. The third-order valence-electron chi connectivity index (χ3n) is 2.97. The van der Waals surface area contributed by atoms with Gasteiger partial charge in [-0.05, 0) is 30.7 Å². The van der Waals surface area contributed by atoms with Crippen molar-refractivity contribution in [1.29, 1.82) is 0 Å². The molecule has 3 N–H and O–H groups in total. The van der Waals surface area contributed by atoms with Crippen LogP contribution in [0.5, 0.6) is 0 Å². The van der Waals surface area contributed by atoms with Gasteiger partial charge in [0.25, 0.3) is 0 Å². The minimum Gasteiger partial charge on any atom is -0.481 e. The molecule has 2 rings (SSSR count). The van der Waals surface area contributed by atoms with Crippen LogP contribution in [0.3, 0.4) is 0 Å². The van der Waals surface area contributed by atoms with Gasteiger partial charge >= 0.3 is 5.97 Å². The summed E-state index contributed by atoms with van der Waals surface area (Å²) in [4.78, 5) is 35.0. The van der Waals surface area contributed by atoms with Gasteiger partial charge in [-0.3, -0.25) is 14.4 Å². The van der Waals surface area contributed by atoms with Gasteiger partial charge in [0, 0.05) is 17.8 Å². The molecule has 1 aromatic carbocycles. The Labute approximate surface area is 103 Å². The average Bonchev–Trinajstić information content (AvgIpc) is 2.71. The number of carbonyl (C=O) groups excluding carboxylic acids is 2. The van der Waals surface area contributed by atoms with E-state index in [0.717, 1.165) is 0 Å². The van der Waals surface area contributed by atoms with Gasteiger partial charge in [0.15, 0.2) is 0 Å². The van der Waals surface area contributed by atoms with Crippen LogP contribution < -0.4 is 10.6 Å². The summed E-state index contributed by atoms with van der Waals surface area (Å²) < 4.78 is 0. The fraction of sp³-hybridized carbons (Fsp3) is 0.250. The van der Waals surface area contributed by atoms with Crippen molar-refractivity contribution >= 4 is 23.5 Å². The minimum absolute atomic E-state index is 0.297. The lowest BCUT2D eigenvalue weighted by Crippen LogP contribution is -2.30. The highest BCUT2D eigenvalue weighted by Crippen LogP contribution is 2.25. The minimum atomic E-state index is -1.10. The second kappa shape index (κ2) is 4.48. The number of primary amides is 1. The number of amides is 2. The summed E-state index contributed by atoms with van der Waals surface area (Å²) >= 11 is 0. The number of hydrogen-bond acceptors (Lipinski definition) is 3. The Morgan fingerprint density at radius 3 is 2.33 bits per heavy atom. The summed E-state index contributed by atoms with van der Waals surface area (Å²) in [5.41, 5.74) is 6.03. The van der Waals surface area contributed by atoms with Gasteiger partial charge in [-0.15, -0.1) is 0 Å². The third-order valence-corrected chi connectivity index (χ3v) is 2.97. The van der Waals surface area contributed by atoms with Crippen LogP contribution >= 0.6 is 0 Å². The van der Waals surface area contributed by atoms with E-state index in [1.54, 1.807) is 12.1 Å². The van der Waals surface area contributed by atoms with Crippen LogP contribution in [0, 0.1) is 5.92 Å². The van der Waals surface area contributed by atoms with Gasteiger partial charge in [-0.2, -0.15) is 0 Å². The highest BCUT2D eigenvalue weighted by atomic mass is 16.4. The smallest absolute Gasteiger partial charge is 0.316 e. The standard InChI is InChI=1S/C12H12N2O4/c13-10(15)7-1-3-8(4-2-7)14-6-5-9(11(14)16)12(17)18/h1-4,9H,5-6H2,(H2,13,15)(H,17,18). The van der Waals surface area contributed by atoms with Crippen molar-refractivity contribution in [2.75, 3.05) is 11.4 Å². The van der Waals surface area contributed by atoms with Gasteiger partial charge in [-0.1, -0.05) is 0 Å². The molecule has 1 fully saturated rings. The molecule has 0 spiro atoms. The normalized spacial score (nSPS) is 19.0. The van der Waals surface area contributed by atoms with Crippen molar-refractivity contribution in [2.45, 2.75) is 6.42 Å². The maximum absolute atomic E-state index is 11.8. The molecule has 6 nitrogen and oxygen atoms in total. The number of anilines is 1. The molecule has 0 aliphatic carbocycles. The van der Waals surface area contributed by atoms with E-state index in [9.17, 15) is 14.4 Å². The van der Waals surface area contributed by atoms with E-state index in [2.05, 4.69) is 0 Å². The lowest BCUT2D eigenvalue weighted by Gasteiger charge is -2.16. The van der Waals surface area contributed by atoms with Gasteiger partial charge in [0.05, 0.1) is 0 Å². The quantitative estimate of drug-likeness (QED) is 0.747. The zero-order chi connectivity index (χ0) is 13.3. The van der Waals surface area contributed by atoms with Crippen LogP contribution in [0.2, 0.25) is 0 Å². The van der Waals surface area contributed by atoms with Crippen LogP contribution in [0.4, 0.5) is 5.69 Å². The lowest BCUT2D eigenvalue weighted by atomic mass is 10.1. The third kappa shape index (κ3) is 2.04. The number of carbonyl (C=O) groups is 3. The van der Waals surface area contributed by atoms with E-state index in [0.29, 0.717) is 24.2 Å². The molecule has 94 valence electrons. The van der Waals surface area contributed by atoms with Crippen molar-refractivity contribution in [3.63, 3.8) is 0 Å². The number of nitrogens with two attached hydrogens (primary N) is 1. The Hall–Kier alpha value is -2.37. The number of aliphatic carboxylic acids is 1. The average molecular weight is 248 g/mol. The Morgan fingerprint density at radius 2 is 1.89 bits per heavy atom. The van der Waals surface area contributed by atoms with E-state index in [4.69, 9.17) is 10.8 Å². The molecule has 1 atom stereocenters. The van der Waals surface area contributed by atoms with Crippen molar-refractivity contribution in [3.8, 4) is 0 Å². The zero-order valence-corrected chi connectivity index (χ0v) is 9.50. The van der Waals surface area contributed by atoms with Gasteiger partial charge < -0.3 is 15.7 Å². The van der Waals surface area contributed by atoms with Crippen molar-refractivity contribution in [3.05, 3.63) is 29.8 Å². The predicted molar refractivity (Wildman–Crippen MR) is 63.1 cm³/mol. The van der Waals surface area contributed by atoms with E-state index >= 15 is 0 Å². The molecule has 0 saturated carbocycles. The first-order valence-electron chi connectivity index (χ1n) is 5.45. The number of carboxylic acids is 1. The summed E-state index contributed by atoms with van der Waals surface area (Å²) in [5, 5.41) is 8.86. The molecule has 1 heterocycles. The predicted octanol–water partition coefficient (Wildman–Crippen LogP) is 0.223. The topological polar surface area (TPSA) is 101 Å². The molecule has 6 heteroatoms. The van der Waals surface area contributed by atoms with E-state index in [-0.39, 0.29) is 0 Å². The fourth-order valence-electron chi connectivity index (χ4n) is 1.97. The monoisotopic (exact) mass is 248 g/mol. The number of hydrogen-bond donors (Lipinski definition) is 2. The SMILES string of the molecule is NC(=O)c1ccc(N2CCC(C(=O)O)C2=O)cc1. The van der Waals surface area contributed by atoms with Crippen LogP contribution in [0.15, 0.2) is 24.3 Å². The van der Waals surface area contributed by atoms with Crippen LogP contribution in [0.1, 0.15) is 16.8 Å². The Balaban J connectivity index is 2.21. The molecule has 1 aromatic rings. The van der Waals surface area contributed by atoms with Gasteiger partial charge in [0.1, 0.15) is 5.92 Å². The van der Waals surface area contributed by atoms with Crippen LogP contribution in [-0.4, -0.2) is 29.4 Å². The van der Waals surface area contributed by atoms with Crippen LogP contribution in [0.25, 0.3) is 0 Å². The maximum Gasteiger partial charge on any atom is 0.316 e. The summed E-state index contributed by atoms with van der Waals surface area (Å²) in [6, 6.07) is 6.20. The Morgan fingerprint density at radius 1 is 1.28 bits per heavy atom. The number of benzene rings is 1. The molecule has 18 heavy (non-hydrogen) atoms. The van der Waals surface area contributed by atoms with Crippen molar-refractivity contribution in [2.24, 2.45) is 11.7 Å². The first-order valence-corrected chi connectivity index (χ1v) is 5.45. The van der Waals surface area contributed by atoms with Crippen LogP contribution in [-0.2, 0) is 9.59 Å². The molecule has 2 amide bonds. The maximum atomic E-state index is 11.8. The first-order chi connectivity index (χ1) is 8.50. The highest BCUT2D eigenvalue weighted by molar-refractivity contribution is 6.07. The molecule has 0 bridgehead atoms. The van der Waals surface area contributed by atoms with Gasteiger partial charge in [-0.25, -0.2) is 0 Å². The number of nitrogens with zero attached hydrogens (tertiary/aromatic N) is 1. The molecule has 1 saturated heterocycles. The molecular formula is C12H12N2O4. The number of carboxylic acid groups (broad SMARTS) is 1. The molecule has 0 aromatic heterocycles. The lowest BCUT2D eigenvalue weighted by molar-refractivity contribution is -0.144. The Kier molecular flexibility index (Phi) is 3.01. The van der Waals surface area contributed by atoms with E-state index in [1.165, 1.54) is 17.0 Å². The molecule has 0 radical (unpaired) electrons. The Bertz CT molecular complexity index is 509. The van der Waals surface area contributed by atoms with E-state index in [1.807, 2.05) is 0 Å². The largest absolute Gasteiger partial charge is 0.481 e. The number of rotatable bonds is 3. The molecular weight excluding hydrogens is 236 g/mol. The second-order valence-electron chi connectivity index (χ2n) is 4.08. The summed E-state index contributed by atoms with van der Waals surface area (Å²) in [5.74, 6) is -3.04. The zero-order valence-electron chi connectivity index (χ0n) is 9.50. The van der Waals surface area contributed by atoms with Crippen molar-refractivity contribution < 1.29 is 19.5 Å². The molecule has 1 unspecified atom stereocenters.